The summed E-state index contributed by atoms with van der Waals surface area (Å²) in [6.07, 6.45) is 5.54. The van der Waals surface area contributed by atoms with Crippen LogP contribution in [0.3, 0.4) is 0 Å². The van der Waals surface area contributed by atoms with Crippen molar-refractivity contribution < 1.29 is 0 Å². The van der Waals surface area contributed by atoms with Gasteiger partial charge in [0.2, 0.25) is 0 Å². The maximum atomic E-state index is 3.42. The van der Waals surface area contributed by atoms with Crippen LogP contribution in [0.2, 0.25) is 0 Å². The molecule has 0 saturated carbocycles. The highest BCUT2D eigenvalue weighted by Gasteiger charge is 2.39. The summed E-state index contributed by atoms with van der Waals surface area (Å²) in [7, 11) is 0. The first-order chi connectivity index (χ1) is 6.76. The van der Waals surface area contributed by atoms with Crippen molar-refractivity contribution in [2.75, 3.05) is 26.2 Å². The average Bonchev–Trinajstić information content (AvgIpc) is 2.16. The fraction of sp³-hybridized carbons (Fsp3) is 1.00. The highest BCUT2D eigenvalue weighted by Crippen LogP contribution is 2.35. The molecule has 82 valence electrons. The maximum Gasteiger partial charge on any atom is 0.00668 e. The van der Waals surface area contributed by atoms with Crippen molar-refractivity contribution in [2.45, 2.75) is 45.6 Å². The van der Waals surface area contributed by atoms with Crippen LogP contribution in [0.15, 0.2) is 0 Å². The Balaban J connectivity index is 1.77. The smallest absolute Gasteiger partial charge is 0.00668 e. The van der Waals surface area contributed by atoms with Gasteiger partial charge in [0.15, 0.2) is 0 Å². The monoisotopic (exact) mass is 196 g/mol. The van der Waals surface area contributed by atoms with E-state index in [9.17, 15) is 0 Å². The zero-order valence-corrected chi connectivity index (χ0v) is 9.68. The molecule has 2 heterocycles. The highest BCUT2D eigenvalue weighted by molar-refractivity contribution is 4.96. The number of hydrogen-bond donors (Lipinski definition) is 1. The van der Waals surface area contributed by atoms with E-state index in [1.807, 2.05) is 0 Å². The van der Waals surface area contributed by atoms with Crippen molar-refractivity contribution in [1.82, 2.24) is 10.2 Å². The normalized spacial score (nSPS) is 28.7. The minimum Gasteiger partial charge on any atom is -0.316 e. The fourth-order valence-corrected chi connectivity index (χ4v) is 2.87. The SMILES string of the molecule is CCCC(C)N1CCC2(CC1)CNC2. The van der Waals surface area contributed by atoms with Crippen molar-refractivity contribution in [3.63, 3.8) is 0 Å². The van der Waals surface area contributed by atoms with Crippen LogP contribution in [0.4, 0.5) is 0 Å². The predicted octanol–water partition coefficient (Wildman–Crippen LogP) is 1.86. The summed E-state index contributed by atoms with van der Waals surface area (Å²) in [4.78, 5) is 2.69. The summed E-state index contributed by atoms with van der Waals surface area (Å²) < 4.78 is 0. The predicted molar refractivity (Wildman–Crippen MR) is 60.5 cm³/mol. The molecule has 1 N–H and O–H groups in total. The summed E-state index contributed by atoms with van der Waals surface area (Å²) in [6.45, 7) is 9.91. The topological polar surface area (TPSA) is 15.3 Å². The average molecular weight is 196 g/mol. The summed E-state index contributed by atoms with van der Waals surface area (Å²) in [5.41, 5.74) is 0.711. The standard InChI is InChI=1S/C12H24N2/c1-3-4-11(2)14-7-5-12(6-8-14)9-13-10-12/h11,13H,3-10H2,1-2H3. The van der Waals surface area contributed by atoms with E-state index in [-0.39, 0.29) is 0 Å². The van der Waals surface area contributed by atoms with E-state index in [1.54, 1.807) is 0 Å². The first-order valence-corrected chi connectivity index (χ1v) is 6.20. The second-order valence-electron chi connectivity index (χ2n) is 5.28. The van der Waals surface area contributed by atoms with E-state index in [0.29, 0.717) is 5.41 Å². The first-order valence-electron chi connectivity index (χ1n) is 6.20. The Hall–Kier alpha value is -0.0800. The molecule has 14 heavy (non-hydrogen) atoms. The third-order valence-electron chi connectivity index (χ3n) is 4.19. The molecule has 0 aromatic carbocycles. The lowest BCUT2D eigenvalue weighted by Crippen LogP contribution is -2.59. The van der Waals surface area contributed by atoms with Crippen LogP contribution in [-0.4, -0.2) is 37.1 Å². The minimum absolute atomic E-state index is 0.711. The maximum absolute atomic E-state index is 3.42. The largest absolute Gasteiger partial charge is 0.316 e. The molecule has 2 aliphatic heterocycles. The molecule has 0 amide bonds. The summed E-state index contributed by atoms with van der Waals surface area (Å²) in [5.74, 6) is 0. The summed E-state index contributed by atoms with van der Waals surface area (Å²) in [6, 6.07) is 0.811. The molecule has 1 atom stereocenters. The molecule has 2 nitrogen and oxygen atoms in total. The molecular weight excluding hydrogens is 172 g/mol. The van der Waals surface area contributed by atoms with Gasteiger partial charge in [0.1, 0.15) is 0 Å². The molecule has 0 radical (unpaired) electrons. The van der Waals surface area contributed by atoms with Crippen LogP contribution >= 0.6 is 0 Å². The number of piperidine rings is 1. The molecule has 1 unspecified atom stereocenters. The van der Waals surface area contributed by atoms with Crippen LogP contribution in [0.25, 0.3) is 0 Å². The van der Waals surface area contributed by atoms with Crippen molar-refractivity contribution in [1.29, 1.82) is 0 Å². The number of rotatable bonds is 3. The van der Waals surface area contributed by atoms with Gasteiger partial charge in [-0.3, -0.25) is 0 Å². The van der Waals surface area contributed by atoms with Crippen LogP contribution in [-0.2, 0) is 0 Å². The van der Waals surface area contributed by atoms with Crippen molar-refractivity contribution in [2.24, 2.45) is 5.41 Å². The number of hydrogen-bond acceptors (Lipinski definition) is 2. The molecule has 0 aromatic heterocycles. The summed E-state index contributed by atoms with van der Waals surface area (Å²) >= 11 is 0. The van der Waals surface area contributed by atoms with E-state index in [4.69, 9.17) is 0 Å². The minimum atomic E-state index is 0.711. The second-order valence-corrected chi connectivity index (χ2v) is 5.28. The molecule has 0 bridgehead atoms. The molecule has 2 aliphatic rings. The molecule has 2 fully saturated rings. The second kappa shape index (κ2) is 4.19. The van der Waals surface area contributed by atoms with Crippen LogP contribution in [0.1, 0.15) is 39.5 Å². The van der Waals surface area contributed by atoms with E-state index in [2.05, 4.69) is 24.1 Å². The third-order valence-corrected chi connectivity index (χ3v) is 4.19. The Morgan fingerprint density at radius 1 is 1.29 bits per heavy atom. The van der Waals surface area contributed by atoms with E-state index in [0.717, 1.165) is 6.04 Å². The lowest BCUT2D eigenvalue weighted by molar-refractivity contribution is 0.0365. The number of likely N-dealkylation sites (tertiary alicyclic amines) is 1. The number of nitrogens with zero attached hydrogens (tertiary/aromatic N) is 1. The Kier molecular flexibility index (Phi) is 3.13. The molecule has 2 rings (SSSR count). The zero-order valence-electron chi connectivity index (χ0n) is 9.68. The quantitative estimate of drug-likeness (QED) is 0.741. The van der Waals surface area contributed by atoms with Gasteiger partial charge in [0.05, 0.1) is 0 Å². The molecule has 0 aromatic rings. The summed E-state index contributed by atoms with van der Waals surface area (Å²) in [5, 5.41) is 3.42. The zero-order chi connectivity index (χ0) is 10.0. The Bertz CT molecular complexity index is 177. The third kappa shape index (κ3) is 1.96. The van der Waals surface area contributed by atoms with Crippen molar-refractivity contribution in [3.8, 4) is 0 Å². The van der Waals surface area contributed by atoms with Crippen LogP contribution in [0.5, 0.6) is 0 Å². The molecular formula is C12H24N2. The molecule has 2 saturated heterocycles. The van der Waals surface area contributed by atoms with Crippen LogP contribution in [0, 0.1) is 5.41 Å². The first kappa shape index (κ1) is 10.4. The van der Waals surface area contributed by atoms with E-state index < -0.39 is 0 Å². The van der Waals surface area contributed by atoms with Gasteiger partial charge < -0.3 is 10.2 Å². The Labute approximate surface area is 88.1 Å². The van der Waals surface area contributed by atoms with Gasteiger partial charge in [-0.05, 0) is 44.7 Å². The van der Waals surface area contributed by atoms with Gasteiger partial charge in [0.25, 0.3) is 0 Å². The Morgan fingerprint density at radius 3 is 2.36 bits per heavy atom. The molecule has 0 aliphatic carbocycles. The van der Waals surface area contributed by atoms with Gasteiger partial charge >= 0.3 is 0 Å². The highest BCUT2D eigenvalue weighted by atomic mass is 15.2. The van der Waals surface area contributed by atoms with E-state index >= 15 is 0 Å². The lowest BCUT2D eigenvalue weighted by Gasteiger charge is -2.49. The van der Waals surface area contributed by atoms with Crippen LogP contribution < -0.4 is 5.32 Å². The lowest BCUT2D eigenvalue weighted by atomic mass is 9.73. The van der Waals surface area contributed by atoms with E-state index in [1.165, 1.54) is 51.9 Å². The van der Waals surface area contributed by atoms with Crippen molar-refractivity contribution in [3.05, 3.63) is 0 Å². The van der Waals surface area contributed by atoms with Gasteiger partial charge in [-0.2, -0.15) is 0 Å². The van der Waals surface area contributed by atoms with Gasteiger partial charge in [-0.1, -0.05) is 13.3 Å². The van der Waals surface area contributed by atoms with Crippen molar-refractivity contribution >= 4 is 0 Å². The molecule has 2 heteroatoms. The van der Waals surface area contributed by atoms with Gasteiger partial charge in [-0.15, -0.1) is 0 Å². The van der Waals surface area contributed by atoms with Gasteiger partial charge in [-0.25, -0.2) is 0 Å². The van der Waals surface area contributed by atoms with Gasteiger partial charge in [0, 0.05) is 19.1 Å². The Morgan fingerprint density at radius 2 is 1.93 bits per heavy atom. The fourth-order valence-electron chi connectivity index (χ4n) is 2.87. The number of nitrogens with one attached hydrogen (secondary N) is 1. The molecule has 1 spiro atoms.